The molecule has 0 spiro atoms. The van der Waals surface area contributed by atoms with E-state index in [0.717, 1.165) is 10.8 Å². The Hall–Kier alpha value is -1.88. The summed E-state index contributed by atoms with van der Waals surface area (Å²) in [6.45, 7) is 2.82. The lowest BCUT2D eigenvalue weighted by atomic mass is 9.97. The Balaban J connectivity index is 2.44. The fourth-order valence-electron chi connectivity index (χ4n) is 1.98. The van der Waals surface area contributed by atoms with Gasteiger partial charge in [0, 0.05) is 0 Å². The summed E-state index contributed by atoms with van der Waals surface area (Å²) in [5, 5.41) is 10.8. The number of benzene rings is 2. The molecule has 2 aromatic rings. The topological polar surface area (TPSA) is 71.4 Å². The van der Waals surface area contributed by atoms with E-state index in [9.17, 15) is 13.2 Å². The Kier molecular flexibility index (Phi) is 3.56. The fraction of sp³-hybridized carbons (Fsp3) is 0.267. The zero-order valence-electron chi connectivity index (χ0n) is 11.3. The minimum atomic E-state index is -3.64. The van der Waals surface area contributed by atoms with Gasteiger partial charge in [-0.2, -0.15) is 0 Å². The van der Waals surface area contributed by atoms with Gasteiger partial charge in [-0.05, 0) is 36.8 Å². The molecule has 2 aromatic carbocycles. The molecule has 0 saturated carbocycles. The number of hydrogen-bond acceptors (Lipinski definition) is 3. The Morgan fingerprint density at radius 2 is 1.70 bits per heavy atom. The predicted octanol–water partition coefficient (Wildman–Crippen LogP) is 2.72. The quantitative estimate of drug-likeness (QED) is 0.940. The van der Waals surface area contributed by atoms with Crippen LogP contribution in [0, 0.1) is 5.41 Å². The third kappa shape index (κ3) is 2.82. The maximum absolute atomic E-state index is 12.3. The van der Waals surface area contributed by atoms with Crippen molar-refractivity contribution in [2.75, 3.05) is 5.75 Å². The van der Waals surface area contributed by atoms with E-state index in [0.29, 0.717) is 0 Å². The molecular formula is C15H16O4S. The summed E-state index contributed by atoms with van der Waals surface area (Å²) in [7, 11) is -3.64. The highest BCUT2D eigenvalue weighted by molar-refractivity contribution is 7.91. The van der Waals surface area contributed by atoms with Gasteiger partial charge in [-0.1, -0.05) is 30.3 Å². The molecule has 106 valence electrons. The zero-order valence-corrected chi connectivity index (χ0v) is 12.1. The second-order valence-corrected chi connectivity index (χ2v) is 7.45. The van der Waals surface area contributed by atoms with Gasteiger partial charge in [0.2, 0.25) is 0 Å². The molecule has 5 heteroatoms. The fourth-order valence-corrected chi connectivity index (χ4v) is 3.80. The molecule has 0 atom stereocenters. The molecule has 0 saturated heterocycles. The van der Waals surface area contributed by atoms with Crippen molar-refractivity contribution in [2.45, 2.75) is 18.7 Å². The van der Waals surface area contributed by atoms with Crippen molar-refractivity contribution in [1.29, 1.82) is 0 Å². The van der Waals surface area contributed by atoms with E-state index in [4.69, 9.17) is 5.11 Å². The summed E-state index contributed by atoms with van der Waals surface area (Å²) in [6, 6.07) is 12.3. The first-order valence-corrected chi connectivity index (χ1v) is 7.83. The minimum absolute atomic E-state index is 0.158. The molecule has 2 rings (SSSR count). The molecule has 0 fully saturated rings. The summed E-state index contributed by atoms with van der Waals surface area (Å²) >= 11 is 0. The van der Waals surface area contributed by atoms with Gasteiger partial charge >= 0.3 is 5.97 Å². The lowest BCUT2D eigenvalue weighted by Crippen LogP contribution is -2.32. The number of rotatable bonds is 4. The van der Waals surface area contributed by atoms with Crippen LogP contribution in [0.2, 0.25) is 0 Å². The SMILES string of the molecule is CC(C)(CS(=O)(=O)c1ccc2ccccc2c1)C(=O)O. The Morgan fingerprint density at radius 1 is 1.10 bits per heavy atom. The Morgan fingerprint density at radius 3 is 2.30 bits per heavy atom. The monoisotopic (exact) mass is 292 g/mol. The van der Waals surface area contributed by atoms with E-state index in [1.807, 2.05) is 24.3 Å². The molecule has 0 bridgehead atoms. The van der Waals surface area contributed by atoms with E-state index in [1.165, 1.54) is 19.9 Å². The second kappa shape index (κ2) is 4.90. The Labute approximate surface area is 118 Å². The van der Waals surface area contributed by atoms with Gasteiger partial charge in [-0.15, -0.1) is 0 Å². The molecule has 0 heterocycles. The van der Waals surface area contributed by atoms with Crippen LogP contribution in [0.1, 0.15) is 13.8 Å². The van der Waals surface area contributed by atoms with Crippen LogP contribution in [0.5, 0.6) is 0 Å². The van der Waals surface area contributed by atoms with E-state index < -0.39 is 27.0 Å². The first kappa shape index (κ1) is 14.5. The predicted molar refractivity (Wildman–Crippen MR) is 77.4 cm³/mol. The summed E-state index contributed by atoms with van der Waals surface area (Å²) in [6.07, 6.45) is 0. The standard InChI is InChI=1S/C15H16O4S/c1-15(2,14(16)17)10-20(18,19)13-8-7-11-5-3-4-6-12(11)9-13/h3-9H,10H2,1-2H3,(H,16,17). The highest BCUT2D eigenvalue weighted by Gasteiger charge is 2.34. The van der Waals surface area contributed by atoms with Gasteiger partial charge in [-0.3, -0.25) is 4.79 Å². The Bertz CT molecular complexity index is 760. The zero-order chi connectivity index (χ0) is 15.0. The van der Waals surface area contributed by atoms with Crippen molar-refractivity contribution in [3.05, 3.63) is 42.5 Å². The van der Waals surface area contributed by atoms with E-state index in [1.54, 1.807) is 12.1 Å². The first-order valence-electron chi connectivity index (χ1n) is 6.17. The largest absolute Gasteiger partial charge is 0.481 e. The van der Waals surface area contributed by atoms with Crippen LogP contribution >= 0.6 is 0 Å². The van der Waals surface area contributed by atoms with Crippen LogP contribution in [-0.4, -0.2) is 25.2 Å². The number of sulfone groups is 1. The number of carboxylic acid groups (broad SMARTS) is 1. The van der Waals surface area contributed by atoms with Gasteiger partial charge in [0.15, 0.2) is 9.84 Å². The minimum Gasteiger partial charge on any atom is -0.481 e. The highest BCUT2D eigenvalue weighted by Crippen LogP contribution is 2.25. The number of aliphatic carboxylic acids is 1. The molecule has 0 unspecified atom stereocenters. The van der Waals surface area contributed by atoms with Gasteiger partial charge < -0.3 is 5.11 Å². The smallest absolute Gasteiger partial charge is 0.310 e. The molecule has 0 radical (unpaired) electrons. The maximum atomic E-state index is 12.3. The summed E-state index contributed by atoms with van der Waals surface area (Å²) in [5.41, 5.74) is -1.32. The summed E-state index contributed by atoms with van der Waals surface area (Å²) < 4.78 is 24.7. The van der Waals surface area contributed by atoms with Gasteiger partial charge in [0.1, 0.15) is 0 Å². The first-order chi connectivity index (χ1) is 9.22. The molecule has 20 heavy (non-hydrogen) atoms. The van der Waals surface area contributed by atoms with Crippen molar-refractivity contribution >= 4 is 26.6 Å². The van der Waals surface area contributed by atoms with Gasteiger partial charge in [-0.25, -0.2) is 8.42 Å². The maximum Gasteiger partial charge on any atom is 0.310 e. The number of carboxylic acids is 1. The molecule has 0 aliphatic heterocycles. The summed E-state index contributed by atoms with van der Waals surface area (Å²) in [4.78, 5) is 11.2. The van der Waals surface area contributed by atoms with E-state index in [2.05, 4.69) is 0 Å². The van der Waals surface area contributed by atoms with Crippen LogP contribution in [0.25, 0.3) is 10.8 Å². The molecule has 0 aromatic heterocycles. The van der Waals surface area contributed by atoms with E-state index >= 15 is 0 Å². The average Bonchev–Trinajstić information content (AvgIpc) is 2.36. The van der Waals surface area contributed by atoms with Crippen LogP contribution in [-0.2, 0) is 14.6 Å². The van der Waals surface area contributed by atoms with Crippen LogP contribution in [0.4, 0.5) is 0 Å². The van der Waals surface area contributed by atoms with Gasteiger partial charge in [0.05, 0.1) is 16.1 Å². The van der Waals surface area contributed by atoms with Crippen molar-refractivity contribution in [2.24, 2.45) is 5.41 Å². The number of fused-ring (bicyclic) bond motifs is 1. The van der Waals surface area contributed by atoms with Crippen LogP contribution < -0.4 is 0 Å². The third-order valence-electron chi connectivity index (χ3n) is 3.21. The third-order valence-corrected chi connectivity index (χ3v) is 5.28. The molecule has 0 aliphatic carbocycles. The highest BCUT2D eigenvalue weighted by atomic mass is 32.2. The normalized spacial score (nSPS) is 12.5. The molecule has 4 nitrogen and oxygen atoms in total. The van der Waals surface area contributed by atoms with Crippen LogP contribution in [0.15, 0.2) is 47.4 Å². The second-order valence-electron chi connectivity index (χ2n) is 5.46. The van der Waals surface area contributed by atoms with Gasteiger partial charge in [0.25, 0.3) is 0 Å². The van der Waals surface area contributed by atoms with Crippen molar-refractivity contribution in [3.63, 3.8) is 0 Å². The van der Waals surface area contributed by atoms with Crippen LogP contribution in [0.3, 0.4) is 0 Å². The molecule has 1 N–H and O–H groups in total. The number of carbonyl (C=O) groups is 1. The van der Waals surface area contributed by atoms with E-state index in [-0.39, 0.29) is 4.90 Å². The average molecular weight is 292 g/mol. The number of hydrogen-bond donors (Lipinski definition) is 1. The van der Waals surface area contributed by atoms with Crippen molar-refractivity contribution in [1.82, 2.24) is 0 Å². The lowest BCUT2D eigenvalue weighted by molar-refractivity contribution is -0.145. The summed E-state index contributed by atoms with van der Waals surface area (Å²) in [5.74, 6) is -1.55. The lowest BCUT2D eigenvalue weighted by Gasteiger charge is -2.19. The molecule has 0 aliphatic rings. The molecular weight excluding hydrogens is 276 g/mol. The molecule has 0 amide bonds. The van der Waals surface area contributed by atoms with Crippen molar-refractivity contribution < 1.29 is 18.3 Å². The van der Waals surface area contributed by atoms with Crippen molar-refractivity contribution in [3.8, 4) is 0 Å².